The summed E-state index contributed by atoms with van der Waals surface area (Å²) >= 11 is 0. The highest BCUT2D eigenvalue weighted by Crippen LogP contribution is 2.38. The first-order valence-corrected chi connectivity index (χ1v) is 12.3. The molecule has 1 saturated heterocycles. The van der Waals surface area contributed by atoms with Crippen molar-refractivity contribution in [1.29, 1.82) is 0 Å². The van der Waals surface area contributed by atoms with Crippen molar-refractivity contribution in [1.82, 2.24) is 4.31 Å². The average molecular weight is 438 g/mol. The Hall–Kier alpha value is -1.74. The van der Waals surface area contributed by atoms with Crippen LogP contribution < -0.4 is 0 Å². The Bertz CT molecular complexity index is 1080. The molecule has 2 unspecified atom stereocenters. The van der Waals surface area contributed by atoms with E-state index in [1.54, 1.807) is 36.4 Å². The van der Waals surface area contributed by atoms with Gasteiger partial charge in [-0.1, -0.05) is 42.3 Å². The number of hydrogen-bond acceptors (Lipinski definition) is 5. The lowest BCUT2D eigenvalue weighted by molar-refractivity contribution is 0.179. The van der Waals surface area contributed by atoms with Gasteiger partial charge in [0.25, 0.3) is 10.1 Å². The molecular formula is C21H27NO5S2. The van der Waals surface area contributed by atoms with Crippen LogP contribution in [0.1, 0.15) is 31.4 Å². The molecule has 6 nitrogen and oxygen atoms in total. The molecule has 0 aliphatic carbocycles. The van der Waals surface area contributed by atoms with Gasteiger partial charge in [-0.2, -0.15) is 12.7 Å². The molecule has 0 spiro atoms. The van der Waals surface area contributed by atoms with Crippen molar-refractivity contribution >= 4 is 20.1 Å². The lowest BCUT2D eigenvalue weighted by atomic mass is 9.89. The van der Waals surface area contributed by atoms with Crippen molar-refractivity contribution in [2.75, 3.05) is 13.2 Å². The summed E-state index contributed by atoms with van der Waals surface area (Å²) in [6.07, 6.45) is 0.515. The fraction of sp³-hybridized carbons (Fsp3) is 0.429. The second-order valence-electron chi connectivity index (χ2n) is 8.26. The molecule has 1 heterocycles. The van der Waals surface area contributed by atoms with Crippen molar-refractivity contribution in [3.05, 3.63) is 59.7 Å². The van der Waals surface area contributed by atoms with E-state index in [-0.39, 0.29) is 29.0 Å². The maximum Gasteiger partial charge on any atom is 0.296 e. The molecule has 0 aromatic heterocycles. The van der Waals surface area contributed by atoms with E-state index in [0.717, 1.165) is 11.1 Å². The minimum Gasteiger partial charge on any atom is -0.266 e. The van der Waals surface area contributed by atoms with E-state index in [1.165, 1.54) is 16.4 Å². The summed E-state index contributed by atoms with van der Waals surface area (Å²) < 4.78 is 57.9. The highest BCUT2D eigenvalue weighted by Gasteiger charge is 2.45. The number of rotatable bonds is 6. The zero-order valence-electron chi connectivity index (χ0n) is 17.1. The molecule has 0 saturated carbocycles. The Labute approximate surface area is 173 Å². The van der Waals surface area contributed by atoms with Crippen LogP contribution in [0.25, 0.3) is 0 Å². The molecule has 8 heteroatoms. The van der Waals surface area contributed by atoms with Gasteiger partial charge in [0.05, 0.1) is 16.4 Å². The summed E-state index contributed by atoms with van der Waals surface area (Å²) in [7, 11) is -7.56. The summed E-state index contributed by atoms with van der Waals surface area (Å²) in [5.41, 5.74) is 1.34. The highest BCUT2D eigenvalue weighted by molar-refractivity contribution is 7.89. The largest absolute Gasteiger partial charge is 0.296 e. The molecule has 0 N–H and O–H groups in total. The van der Waals surface area contributed by atoms with Crippen LogP contribution in [0.4, 0.5) is 0 Å². The van der Waals surface area contributed by atoms with Crippen molar-refractivity contribution in [3.63, 3.8) is 0 Å². The van der Waals surface area contributed by atoms with Gasteiger partial charge in [-0.25, -0.2) is 8.42 Å². The topological polar surface area (TPSA) is 80.8 Å². The van der Waals surface area contributed by atoms with Crippen LogP contribution in [0.3, 0.4) is 0 Å². The van der Waals surface area contributed by atoms with Gasteiger partial charge in [0.2, 0.25) is 10.0 Å². The third-order valence-corrected chi connectivity index (χ3v) is 8.57. The first kappa shape index (κ1) is 22.0. The molecule has 2 aromatic carbocycles. The van der Waals surface area contributed by atoms with Gasteiger partial charge in [0.1, 0.15) is 0 Å². The third-order valence-electron chi connectivity index (χ3n) is 5.32. The van der Waals surface area contributed by atoms with Gasteiger partial charge in [0, 0.05) is 18.0 Å². The number of aryl methyl sites for hydroxylation is 2. The zero-order chi connectivity index (χ0) is 21.4. The molecule has 0 amide bonds. The number of sulfonamides is 1. The van der Waals surface area contributed by atoms with Gasteiger partial charge in [0.15, 0.2) is 0 Å². The van der Waals surface area contributed by atoms with Crippen LogP contribution in [0, 0.1) is 19.3 Å². The van der Waals surface area contributed by atoms with Crippen LogP contribution in [0.5, 0.6) is 0 Å². The lowest BCUT2D eigenvalue weighted by Gasteiger charge is -2.24. The standard InChI is InChI=1S/C21H27NO5S2/c1-16-5-9-19(10-6-16)28(23,24)22-14-21(4,13-18(22)3)15-27-29(25,26)20-11-7-17(2)8-12-20/h5-12,18H,13-15H2,1-4H3. The van der Waals surface area contributed by atoms with E-state index < -0.39 is 25.6 Å². The molecule has 3 rings (SSSR count). The SMILES string of the molecule is Cc1ccc(S(=O)(=O)OCC2(C)CC(C)N(S(=O)(=O)c3ccc(C)cc3)C2)cc1. The molecule has 1 aliphatic rings. The molecule has 1 fully saturated rings. The number of benzene rings is 2. The molecule has 1 aliphatic heterocycles. The molecule has 2 aromatic rings. The third kappa shape index (κ3) is 4.71. The van der Waals surface area contributed by atoms with Crippen LogP contribution in [0.2, 0.25) is 0 Å². The minimum absolute atomic E-state index is 0.0759. The second kappa shape index (κ2) is 7.83. The summed E-state index contributed by atoms with van der Waals surface area (Å²) in [5, 5.41) is 0. The first-order valence-electron chi connectivity index (χ1n) is 9.48. The van der Waals surface area contributed by atoms with E-state index in [4.69, 9.17) is 4.18 Å². The summed E-state index contributed by atoms with van der Waals surface area (Å²) in [5.74, 6) is 0. The Kier molecular flexibility index (Phi) is 5.93. The molecule has 2 atom stereocenters. The predicted octanol–water partition coefficient (Wildman–Crippen LogP) is 3.50. The van der Waals surface area contributed by atoms with Crippen LogP contribution >= 0.6 is 0 Å². The maximum absolute atomic E-state index is 13.1. The quantitative estimate of drug-likeness (QED) is 0.646. The van der Waals surface area contributed by atoms with Gasteiger partial charge >= 0.3 is 0 Å². The Morgan fingerprint density at radius 2 is 1.41 bits per heavy atom. The minimum atomic E-state index is -3.90. The first-order chi connectivity index (χ1) is 13.4. The normalized spacial score (nSPS) is 23.4. The Morgan fingerprint density at radius 3 is 1.93 bits per heavy atom. The van der Waals surface area contributed by atoms with Gasteiger partial charge in [-0.3, -0.25) is 4.18 Å². The Morgan fingerprint density at radius 1 is 0.931 bits per heavy atom. The van der Waals surface area contributed by atoms with Crippen molar-refractivity contribution in [2.24, 2.45) is 5.41 Å². The molecule has 158 valence electrons. The fourth-order valence-electron chi connectivity index (χ4n) is 3.68. The van der Waals surface area contributed by atoms with Crippen molar-refractivity contribution in [3.8, 4) is 0 Å². The van der Waals surface area contributed by atoms with E-state index in [0.29, 0.717) is 6.42 Å². The number of hydrogen-bond donors (Lipinski definition) is 0. The van der Waals surface area contributed by atoms with Crippen molar-refractivity contribution < 1.29 is 21.0 Å². The fourth-order valence-corrected chi connectivity index (χ4v) is 6.50. The molecular weight excluding hydrogens is 410 g/mol. The van der Waals surface area contributed by atoms with E-state index in [2.05, 4.69) is 0 Å². The van der Waals surface area contributed by atoms with Crippen molar-refractivity contribution in [2.45, 2.75) is 49.9 Å². The van der Waals surface area contributed by atoms with E-state index >= 15 is 0 Å². The lowest BCUT2D eigenvalue weighted by Crippen LogP contribution is -2.36. The summed E-state index contributed by atoms with van der Waals surface area (Å²) in [6, 6.07) is 12.9. The van der Waals surface area contributed by atoms with Crippen LogP contribution in [-0.2, 0) is 24.3 Å². The molecule has 0 bridgehead atoms. The second-order valence-corrected chi connectivity index (χ2v) is 11.8. The average Bonchev–Trinajstić information content (AvgIpc) is 2.97. The van der Waals surface area contributed by atoms with Gasteiger partial charge < -0.3 is 0 Å². The smallest absolute Gasteiger partial charge is 0.266 e. The van der Waals surface area contributed by atoms with E-state index in [9.17, 15) is 16.8 Å². The Balaban J connectivity index is 1.75. The highest BCUT2D eigenvalue weighted by atomic mass is 32.2. The maximum atomic E-state index is 13.1. The summed E-state index contributed by atoms with van der Waals surface area (Å²) in [4.78, 5) is 0.342. The van der Waals surface area contributed by atoms with Gasteiger partial charge in [-0.05, 0) is 51.5 Å². The molecule has 0 radical (unpaired) electrons. The zero-order valence-corrected chi connectivity index (χ0v) is 18.8. The molecule has 29 heavy (non-hydrogen) atoms. The van der Waals surface area contributed by atoms with Gasteiger partial charge in [-0.15, -0.1) is 0 Å². The monoisotopic (exact) mass is 437 g/mol. The van der Waals surface area contributed by atoms with Crippen LogP contribution in [0.15, 0.2) is 58.3 Å². The van der Waals surface area contributed by atoms with Crippen LogP contribution in [-0.4, -0.2) is 40.3 Å². The number of nitrogens with zero attached hydrogens (tertiary/aromatic N) is 1. The predicted molar refractivity (Wildman–Crippen MR) is 112 cm³/mol. The van der Waals surface area contributed by atoms with E-state index in [1.807, 2.05) is 27.7 Å². The summed E-state index contributed by atoms with van der Waals surface area (Å²) in [6.45, 7) is 7.60.